The van der Waals surface area contributed by atoms with Crippen LogP contribution in [0.15, 0.2) is 102 Å². The summed E-state index contributed by atoms with van der Waals surface area (Å²) in [5, 5.41) is 8.94. The Morgan fingerprint density at radius 1 is 0.655 bits per heavy atom. The van der Waals surface area contributed by atoms with Crippen molar-refractivity contribution < 1.29 is 4.42 Å². The highest BCUT2D eigenvalue weighted by atomic mass is 16.3. The van der Waals surface area contributed by atoms with E-state index < -0.39 is 0 Å². The predicted octanol–water partition coefficient (Wildman–Crippen LogP) is 6.17. The molecule has 2 heterocycles. The van der Waals surface area contributed by atoms with E-state index in [-0.39, 0.29) is 0 Å². The minimum Gasteiger partial charge on any atom is -0.461 e. The second-order valence-corrected chi connectivity index (χ2v) is 6.94. The molecule has 4 nitrogen and oxygen atoms in total. The summed E-state index contributed by atoms with van der Waals surface area (Å²) in [6.45, 7) is 2.08. The lowest BCUT2D eigenvalue weighted by Crippen LogP contribution is -2.00. The van der Waals surface area contributed by atoms with Gasteiger partial charge in [0.05, 0.1) is 6.26 Å². The van der Waals surface area contributed by atoms with Gasteiger partial charge in [0.25, 0.3) is 0 Å². The van der Waals surface area contributed by atoms with Gasteiger partial charge in [-0.05, 0) is 47.9 Å². The van der Waals surface area contributed by atoms with Crippen molar-refractivity contribution >= 4 is 0 Å². The van der Waals surface area contributed by atoms with Crippen LogP contribution in [0.4, 0.5) is 0 Å². The number of hydrogen-bond acceptors (Lipinski definition) is 3. The number of furan rings is 1. The van der Waals surface area contributed by atoms with E-state index in [0.29, 0.717) is 11.6 Å². The van der Waals surface area contributed by atoms with E-state index >= 15 is 0 Å². The maximum Gasteiger partial charge on any atom is 0.204 e. The first-order valence-electron chi connectivity index (χ1n) is 9.52. The fourth-order valence-corrected chi connectivity index (χ4v) is 3.49. The molecule has 5 aromatic rings. The third kappa shape index (κ3) is 3.25. The van der Waals surface area contributed by atoms with E-state index in [1.807, 2.05) is 41.0 Å². The van der Waals surface area contributed by atoms with Gasteiger partial charge in [-0.2, -0.15) is 0 Å². The molecule has 29 heavy (non-hydrogen) atoms. The van der Waals surface area contributed by atoms with Crippen LogP contribution in [0.1, 0.15) is 5.56 Å². The maximum atomic E-state index is 5.61. The summed E-state index contributed by atoms with van der Waals surface area (Å²) in [6, 6.07) is 30.8. The van der Waals surface area contributed by atoms with Crippen molar-refractivity contribution in [3.05, 3.63) is 103 Å². The molecule has 0 aliphatic heterocycles. The van der Waals surface area contributed by atoms with Gasteiger partial charge in [-0.3, -0.25) is 4.57 Å². The Morgan fingerprint density at radius 2 is 1.38 bits per heavy atom. The van der Waals surface area contributed by atoms with Gasteiger partial charge in [-0.1, -0.05) is 66.7 Å². The normalized spacial score (nSPS) is 10.9. The SMILES string of the molecule is Cc1cccc(-n2c(-c3ccc(-c4ccccc4)cc3)nnc2-c2ccco2)c1. The molecule has 0 fully saturated rings. The van der Waals surface area contributed by atoms with Gasteiger partial charge in [-0.15, -0.1) is 10.2 Å². The van der Waals surface area contributed by atoms with E-state index in [1.54, 1.807) is 6.26 Å². The lowest BCUT2D eigenvalue weighted by atomic mass is 10.0. The molecule has 4 heteroatoms. The summed E-state index contributed by atoms with van der Waals surface area (Å²) >= 11 is 0. The number of hydrogen-bond donors (Lipinski definition) is 0. The molecule has 0 aliphatic rings. The Morgan fingerprint density at radius 3 is 2.10 bits per heavy atom. The fraction of sp³-hybridized carbons (Fsp3) is 0.0400. The minimum atomic E-state index is 0.683. The second-order valence-electron chi connectivity index (χ2n) is 6.94. The van der Waals surface area contributed by atoms with Gasteiger partial charge < -0.3 is 4.42 Å². The van der Waals surface area contributed by atoms with Crippen molar-refractivity contribution in [1.82, 2.24) is 14.8 Å². The molecule has 0 bridgehead atoms. The smallest absolute Gasteiger partial charge is 0.204 e. The van der Waals surface area contributed by atoms with Gasteiger partial charge in [-0.25, -0.2) is 0 Å². The van der Waals surface area contributed by atoms with Gasteiger partial charge >= 0.3 is 0 Å². The summed E-state index contributed by atoms with van der Waals surface area (Å²) < 4.78 is 7.66. The lowest BCUT2D eigenvalue weighted by molar-refractivity contribution is 0.575. The summed E-state index contributed by atoms with van der Waals surface area (Å²) in [4.78, 5) is 0. The molecule has 0 unspecified atom stereocenters. The molecule has 0 amide bonds. The van der Waals surface area contributed by atoms with E-state index in [2.05, 4.69) is 71.7 Å². The van der Waals surface area contributed by atoms with Crippen molar-refractivity contribution in [2.45, 2.75) is 6.92 Å². The Bertz CT molecular complexity index is 1240. The van der Waals surface area contributed by atoms with Gasteiger partial charge in [0.2, 0.25) is 5.82 Å². The Kier molecular flexibility index (Phi) is 4.30. The van der Waals surface area contributed by atoms with E-state index in [1.165, 1.54) is 16.7 Å². The first kappa shape index (κ1) is 17.2. The first-order chi connectivity index (χ1) is 14.3. The van der Waals surface area contributed by atoms with Crippen LogP contribution in [0, 0.1) is 6.92 Å². The highest BCUT2D eigenvalue weighted by molar-refractivity contribution is 5.70. The van der Waals surface area contributed by atoms with Crippen LogP contribution in [-0.2, 0) is 0 Å². The molecule has 5 rings (SSSR count). The quantitative estimate of drug-likeness (QED) is 0.376. The average Bonchev–Trinajstić information content (AvgIpc) is 3.44. The topological polar surface area (TPSA) is 43.9 Å². The fourth-order valence-electron chi connectivity index (χ4n) is 3.49. The highest BCUT2D eigenvalue weighted by Gasteiger charge is 2.19. The summed E-state index contributed by atoms with van der Waals surface area (Å²) in [5.41, 5.74) is 5.53. The number of nitrogens with zero attached hydrogens (tertiary/aromatic N) is 3. The van der Waals surface area contributed by atoms with Crippen molar-refractivity contribution in [3.63, 3.8) is 0 Å². The van der Waals surface area contributed by atoms with Gasteiger partial charge in [0.15, 0.2) is 11.6 Å². The van der Waals surface area contributed by atoms with Crippen LogP contribution in [0.2, 0.25) is 0 Å². The van der Waals surface area contributed by atoms with Gasteiger partial charge in [0, 0.05) is 11.3 Å². The first-order valence-corrected chi connectivity index (χ1v) is 9.52. The third-order valence-corrected chi connectivity index (χ3v) is 4.91. The number of rotatable bonds is 4. The monoisotopic (exact) mass is 377 g/mol. The molecule has 0 spiro atoms. The molecule has 0 N–H and O–H groups in total. The van der Waals surface area contributed by atoms with Gasteiger partial charge in [0.1, 0.15) is 0 Å². The average molecular weight is 377 g/mol. The standard InChI is InChI=1S/C25H19N3O/c1-18-7-5-10-22(17-18)28-24(26-27-25(28)23-11-6-16-29-23)21-14-12-20(13-15-21)19-8-3-2-4-9-19/h2-17H,1H3. The van der Waals surface area contributed by atoms with Crippen LogP contribution < -0.4 is 0 Å². The second kappa shape index (κ2) is 7.24. The largest absolute Gasteiger partial charge is 0.461 e. The Labute approximate surface area is 169 Å². The van der Waals surface area contributed by atoms with Crippen LogP contribution in [0.3, 0.4) is 0 Å². The molecule has 2 aromatic heterocycles. The molecule has 0 atom stereocenters. The van der Waals surface area contributed by atoms with Crippen LogP contribution in [0.5, 0.6) is 0 Å². The van der Waals surface area contributed by atoms with E-state index in [0.717, 1.165) is 17.1 Å². The zero-order chi connectivity index (χ0) is 19.6. The van der Waals surface area contributed by atoms with Crippen molar-refractivity contribution in [2.75, 3.05) is 0 Å². The number of benzene rings is 3. The van der Waals surface area contributed by atoms with Crippen molar-refractivity contribution in [3.8, 4) is 39.8 Å². The zero-order valence-corrected chi connectivity index (χ0v) is 16.0. The Hall–Kier alpha value is -3.92. The molecule has 140 valence electrons. The minimum absolute atomic E-state index is 0.683. The number of aromatic nitrogens is 3. The van der Waals surface area contributed by atoms with Crippen LogP contribution in [-0.4, -0.2) is 14.8 Å². The molecule has 0 aliphatic carbocycles. The van der Waals surface area contributed by atoms with Crippen LogP contribution >= 0.6 is 0 Å². The molecular weight excluding hydrogens is 358 g/mol. The molecule has 3 aromatic carbocycles. The Balaban J connectivity index is 1.64. The maximum absolute atomic E-state index is 5.61. The third-order valence-electron chi connectivity index (χ3n) is 4.91. The van der Waals surface area contributed by atoms with Crippen LogP contribution in [0.25, 0.3) is 39.8 Å². The van der Waals surface area contributed by atoms with E-state index in [4.69, 9.17) is 4.42 Å². The molecular formula is C25H19N3O. The molecule has 0 radical (unpaired) electrons. The van der Waals surface area contributed by atoms with Crippen molar-refractivity contribution in [2.24, 2.45) is 0 Å². The summed E-state index contributed by atoms with van der Waals surface area (Å²) in [7, 11) is 0. The zero-order valence-electron chi connectivity index (χ0n) is 16.0. The highest BCUT2D eigenvalue weighted by Crippen LogP contribution is 2.30. The number of aryl methyl sites for hydroxylation is 1. The molecule has 0 saturated carbocycles. The summed E-state index contributed by atoms with van der Waals surface area (Å²) in [5.74, 6) is 2.15. The lowest BCUT2D eigenvalue weighted by Gasteiger charge is -2.11. The summed E-state index contributed by atoms with van der Waals surface area (Å²) in [6.07, 6.45) is 1.65. The van der Waals surface area contributed by atoms with Crippen molar-refractivity contribution in [1.29, 1.82) is 0 Å². The van der Waals surface area contributed by atoms with E-state index in [9.17, 15) is 0 Å². The predicted molar refractivity (Wildman–Crippen MR) is 115 cm³/mol. The molecule has 0 saturated heterocycles.